The van der Waals surface area contributed by atoms with Crippen molar-refractivity contribution in [1.82, 2.24) is 15.5 Å². The van der Waals surface area contributed by atoms with Crippen molar-refractivity contribution >= 4 is 45.4 Å². The van der Waals surface area contributed by atoms with E-state index in [9.17, 15) is 19.5 Å². The molecule has 3 saturated heterocycles. The summed E-state index contributed by atoms with van der Waals surface area (Å²) >= 11 is 5.37. The Balaban J connectivity index is 2.07. The molecule has 188 valence electrons. The fraction of sp³-hybridized carbons (Fsp3) is 0.875. The first kappa shape index (κ1) is 26.8. The highest BCUT2D eigenvalue weighted by Crippen LogP contribution is 2.68. The maximum absolute atomic E-state index is 14.0. The number of carbonyl (C=O) groups excluding carboxylic acids is 3. The molecule has 0 aromatic rings. The summed E-state index contributed by atoms with van der Waals surface area (Å²) in [5.74, 6) is -1.64. The molecule has 3 heterocycles. The molecule has 3 unspecified atom stereocenters. The summed E-state index contributed by atoms with van der Waals surface area (Å²) in [6.45, 7) is 14.1. The molecule has 33 heavy (non-hydrogen) atoms. The van der Waals surface area contributed by atoms with Crippen LogP contribution in [-0.2, 0) is 14.4 Å². The normalized spacial score (nSPS) is 34.6. The third kappa shape index (κ3) is 4.58. The van der Waals surface area contributed by atoms with Crippen LogP contribution in [-0.4, -0.2) is 73.8 Å². The molecular weight excluding hydrogens is 506 g/mol. The van der Waals surface area contributed by atoms with E-state index in [1.54, 1.807) is 23.7 Å². The summed E-state index contributed by atoms with van der Waals surface area (Å²) in [6, 6.07) is -1.23. The fourth-order valence-corrected chi connectivity index (χ4v) is 10.2. The first-order chi connectivity index (χ1) is 15.1. The van der Waals surface area contributed by atoms with Gasteiger partial charge in [0.25, 0.3) is 0 Å². The van der Waals surface area contributed by atoms with Gasteiger partial charge in [0.2, 0.25) is 17.7 Å². The number of carbonyl (C=O) groups is 3. The molecule has 3 amide bonds. The van der Waals surface area contributed by atoms with Crippen LogP contribution in [0.25, 0.3) is 0 Å². The second-order valence-electron chi connectivity index (χ2n) is 12.1. The highest BCUT2D eigenvalue weighted by Gasteiger charge is 2.76. The van der Waals surface area contributed by atoms with Crippen molar-refractivity contribution in [3.05, 3.63) is 0 Å². The number of thioether (sulfide) groups is 1. The number of fused-ring (bicyclic) bond motifs is 1. The van der Waals surface area contributed by atoms with E-state index in [0.717, 1.165) is 6.42 Å². The smallest absolute Gasteiger partial charge is 0.244 e. The van der Waals surface area contributed by atoms with Gasteiger partial charge in [-0.2, -0.15) is 0 Å². The number of amides is 3. The van der Waals surface area contributed by atoms with Gasteiger partial charge in [-0.15, -0.1) is 11.8 Å². The molecule has 0 aromatic heterocycles. The topological polar surface area (TPSA) is 98.7 Å². The number of aliphatic hydroxyl groups is 1. The van der Waals surface area contributed by atoms with E-state index in [1.165, 1.54) is 0 Å². The Kier molecular flexibility index (Phi) is 7.32. The Bertz CT molecular complexity index is 814. The number of rotatable bonds is 7. The van der Waals surface area contributed by atoms with Gasteiger partial charge in [-0.3, -0.25) is 14.4 Å². The van der Waals surface area contributed by atoms with Gasteiger partial charge in [0.05, 0.1) is 29.2 Å². The van der Waals surface area contributed by atoms with Crippen LogP contribution in [0.5, 0.6) is 0 Å². The number of nitrogens with zero attached hydrogens (tertiary/aromatic N) is 1. The first-order valence-electron chi connectivity index (χ1n) is 11.9. The Morgan fingerprint density at radius 1 is 1.24 bits per heavy atom. The van der Waals surface area contributed by atoms with E-state index >= 15 is 0 Å². The van der Waals surface area contributed by atoms with Crippen molar-refractivity contribution in [3.63, 3.8) is 0 Å². The van der Waals surface area contributed by atoms with Gasteiger partial charge in [-0.05, 0) is 38.0 Å². The predicted octanol–water partition coefficient (Wildman–Crippen LogP) is 2.54. The molecule has 1 spiro atoms. The number of aliphatic hydroxyl groups excluding tert-OH is 1. The molecule has 0 radical (unpaired) electrons. The van der Waals surface area contributed by atoms with E-state index in [-0.39, 0.29) is 45.7 Å². The third-order valence-corrected chi connectivity index (χ3v) is 10.5. The lowest BCUT2D eigenvalue weighted by Gasteiger charge is -2.41. The number of nitrogens with one attached hydrogen (secondary N) is 2. The molecule has 3 fully saturated rings. The van der Waals surface area contributed by atoms with Gasteiger partial charge in [0, 0.05) is 22.7 Å². The monoisotopic (exact) mass is 545 g/mol. The first-order valence-corrected chi connectivity index (χ1v) is 13.7. The van der Waals surface area contributed by atoms with Crippen LogP contribution >= 0.6 is 27.7 Å². The van der Waals surface area contributed by atoms with Crippen molar-refractivity contribution in [2.45, 2.75) is 93.8 Å². The average molecular weight is 547 g/mol. The molecule has 0 saturated carbocycles. The molecule has 7 nitrogen and oxygen atoms in total. The minimum absolute atomic E-state index is 0.0141. The molecule has 3 aliphatic heterocycles. The summed E-state index contributed by atoms with van der Waals surface area (Å²) in [7, 11) is 1.59. The quantitative estimate of drug-likeness (QED) is 0.427. The SMILES string of the molecule is CNC(=O)[C@H]1[C@@H]2SC3(CC2Br)C(C(=O)NC(C)(C)CC(C)(C)C)N([C@@H](CO)C(C)C)C(=O)[C@H]13. The van der Waals surface area contributed by atoms with Gasteiger partial charge < -0.3 is 20.6 Å². The fourth-order valence-electron chi connectivity index (χ4n) is 6.58. The van der Waals surface area contributed by atoms with Crippen LogP contribution < -0.4 is 10.6 Å². The van der Waals surface area contributed by atoms with E-state index in [2.05, 4.69) is 47.3 Å². The Hall–Kier alpha value is -0.800. The molecule has 0 aromatic carbocycles. The molecule has 9 heteroatoms. The van der Waals surface area contributed by atoms with Crippen LogP contribution in [0.15, 0.2) is 0 Å². The molecule has 0 aliphatic carbocycles. The zero-order chi connectivity index (χ0) is 25.1. The minimum atomic E-state index is -0.738. The predicted molar refractivity (Wildman–Crippen MR) is 135 cm³/mol. The maximum Gasteiger partial charge on any atom is 0.244 e. The molecule has 3 N–H and O–H groups in total. The number of hydrogen-bond acceptors (Lipinski definition) is 5. The third-order valence-electron chi connectivity index (χ3n) is 7.27. The number of likely N-dealkylation sites (tertiary alicyclic amines) is 1. The molecule has 3 rings (SSSR count). The van der Waals surface area contributed by atoms with Crippen LogP contribution in [0.4, 0.5) is 0 Å². The Morgan fingerprint density at radius 2 is 1.85 bits per heavy atom. The zero-order valence-corrected chi connectivity index (χ0v) is 23.5. The second-order valence-corrected chi connectivity index (χ2v) is 14.8. The van der Waals surface area contributed by atoms with Gasteiger partial charge in [-0.1, -0.05) is 50.5 Å². The van der Waals surface area contributed by atoms with Crippen LogP contribution in [0.2, 0.25) is 0 Å². The number of alkyl halides is 1. The maximum atomic E-state index is 14.0. The van der Waals surface area contributed by atoms with Crippen molar-refractivity contribution in [3.8, 4) is 0 Å². The van der Waals surface area contributed by atoms with E-state index in [4.69, 9.17) is 0 Å². The van der Waals surface area contributed by atoms with Gasteiger partial charge >= 0.3 is 0 Å². The van der Waals surface area contributed by atoms with Gasteiger partial charge in [0.1, 0.15) is 6.04 Å². The largest absolute Gasteiger partial charge is 0.394 e. The Labute approximate surface area is 210 Å². The van der Waals surface area contributed by atoms with Crippen molar-refractivity contribution in [1.29, 1.82) is 0 Å². The van der Waals surface area contributed by atoms with Crippen molar-refractivity contribution in [2.75, 3.05) is 13.7 Å². The highest BCUT2D eigenvalue weighted by molar-refractivity contribution is 9.09. The van der Waals surface area contributed by atoms with E-state index < -0.39 is 34.2 Å². The number of hydrogen-bond donors (Lipinski definition) is 3. The average Bonchev–Trinajstić information content (AvgIpc) is 3.23. The minimum Gasteiger partial charge on any atom is -0.394 e. The molecule has 7 atom stereocenters. The van der Waals surface area contributed by atoms with Crippen LogP contribution in [0.1, 0.15) is 61.3 Å². The summed E-state index contributed by atoms with van der Waals surface area (Å²) in [4.78, 5) is 42.5. The molecule has 3 aliphatic rings. The van der Waals surface area contributed by atoms with E-state index in [0.29, 0.717) is 6.42 Å². The van der Waals surface area contributed by atoms with Gasteiger partial charge in [0.15, 0.2) is 0 Å². The lowest BCUT2D eigenvalue weighted by molar-refractivity contribution is -0.144. The number of halogens is 1. The summed E-state index contributed by atoms with van der Waals surface area (Å²) in [6.07, 6.45) is 1.41. The zero-order valence-electron chi connectivity index (χ0n) is 21.1. The van der Waals surface area contributed by atoms with E-state index in [1.807, 2.05) is 27.7 Å². The van der Waals surface area contributed by atoms with Gasteiger partial charge in [-0.25, -0.2) is 0 Å². The van der Waals surface area contributed by atoms with Crippen molar-refractivity contribution in [2.24, 2.45) is 23.2 Å². The highest BCUT2D eigenvalue weighted by atomic mass is 79.9. The molecular formula is C24H40BrN3O4S. The summed E-state index contributed by atoms with van der Waals surface area (Å²) < 4.78 is -0.697. The summed E-state index contributed by atoms with van der Waals surface area (Å²) in [5.41, 5.74) is -0.458. The molecule has 2 bridgehead atoms. The van der Waals surface area contributed by atoms with Crippen LogP contribution in [0.3, 0.4) is 0 Å². The lowest BCUT2D eigenvalue weighted by atomic mass is 9.70. The Morgan fingerprint density at radius 3 is 2.33 bits per heavy atom. The van der Waals surface area contributed by atoms with Crippen molar-refractivity contribution < 1.29 is 19.5 Å². The standard InChI is InChI=1S/C24H40BrN3O4S/c1-12(2)14(10-29)28-18(20(31)27-23(6,7)11-22(3,4)5)24-9-13(25)17(33-24)15(19(30)26-8)16(24)21(28)32/h12-18,29H,9-11H2,1-8H3,(H,26,30)(H,27,31)/t13?,14-,15+,16-,17+,18?,24?/m0/s1. The van der Waals surface area contributed by atoms with Crippen LogP contribution in [0, 0.1) is 23.2 Å². The summed E-state index contributed by atoms with van der Waals surface area (Å²) in [5, 5.41) is 16.2. The second kappa shape index (κ2) is 9.01. The lowest BCUT2D eigenvalue weighted by Crippen LogP contribution is -2.61.